The van der Waals surface area contributed by atoms with Crippen LogP contribution in [0.15, 0.2) is 0 Å². The van der Waals surface area contributed by atoms with Crippen molar-refractivity contribution in [3.05, 3.63) is 0 Å². The molecular weight excluding hydrogens is 164 g/mol. The number of hydrogen-bond donors (Lipinski definition) is 1. The molecule has 0 bridgehead atoms. The molecule has 0 aliphatic heterocycles. The van der Waals surface area contributed by atoms with E-state index in [0.717, 1.165) is 0 Å². The molecule has 0 fully saturated rings. The van der Waals surface area contributed by atoms with Gasteiger partial charge in [0.15, 0.2) is 0 Å². The molecule has 0 spiro atoms. The Bertz CT molecular complexity index is 149. The van der Waals surface area contributed by atoms with Gasteiger partial charge in [0, 0.05) is 0 Å². The van der Waals surface area contributed by atoms with E-state index in [1.165, 1.54) is 0 Å². The number of aliphatic hydroxyl groups is 1. The van der Waals surface area contributed by atoms with E-state index in [9.17, 15) is 0 Å². The second kappa shape index (κ2) is 4.61. The highest BCUT2D eigenvalue weighted by Crippen LogP contribution is 2.07. The standard InChI is InChI=1S/C8H13ClO2/c1-4-8(2,3)11-6-7(10)5-9/h1,7,10H,5-6H2,2-3H3/t7-/m0/s1. The van der Waals surface area contributed by atoms with Gasteiger partial charge >= 0.3 is 0 Å². The summed E-state index contributed by atoms with van der Waals surface area (Å²) in [6, 6.07) is 0. The molecule has 64 valence electrons. The summed E-state index contributed by atoms with van der Waals surface area (Å²) < 4.78 is 5.16. The van der Waals surface area contributed by atoms with Crippen LogP contribution in [0.4, 0.5) is 0 Å². The van der Waals surface area contributed by atoms with Gasteiger partial charge in [-0.05, 0) is 13.8 Å². The minimum Gasteiger partial charge on any atom is -0.389 e. The van der Waals surface area contributed by atoms with E-state index < -0.39 is 11.7 Å². The van der Waals surface area contributed by atoms with E-state index in [-0.39, 0.29) is 12.5 Å². The van der Waals surface area contributed by atoms with Crippen LogP contribution in [-0.4, -0.2) is 29.3 Å². The number of hydrogen-bond acceptors (Lipinski definition) is 2. The number of alkyl halides is 1. The van der Waals surface area contributed by atoms with Crippen molar-refractivity contribution < 1.29 is 9.84 Å². The number of rotatable bonds is 4. The van der Waals surface area contributed by atoms with E-state index in [2.05, 4.69) is 5.92 Å². The Hall–Kier alpha value is -0.230. The van der Waals surface area contributed by atoms with Crippen LogP contribution < -0.4 is 0 Å². The van der Waals surface area contributed by atoms with Crippen molar-refractivity contribution in [2.24, 2.45) is 0 Å². The van der Waals surface area contributed by atoms with Gasteiger partial charge in [-0.1, -0.05) is 5.92 Å². The average molecular weight is 177 g/mol. The van der Waals surface area contributed by atoms with Gasteiger partial charge in [0.05, 0.1) is 18.6 Å². The summed E-state index contributed by atoms with van der Waals surface area (Å²) in [6.45, 7) is 3.70. The molecule has 1 N–H and O–H groups in total. The lowest BCUT2D eigenvalue weighted by molar-refractivity contribution is -0.0207. The van der Waals surface area contributed by atoms with Gasteiger partial charge in [-0.3, -0.25) is 0 Å². The summed E-state index contributed by atoms with van der Waals surface area (Å²) in [7, 11) is 0. The van der Waals surface area contributed by atoms with Gasteiger partial charge in [-0.15, -0.1) is 18.0 Å². The van der Waals surface area contributed by atoms with E-state index in [1.54, 1.807) is 13.8 Å². The fourth-order valence-electron chi connectivity index (χ4n) is 0.391. The molecule has 0 saturated heterocycles. The fourth-order valence-corrected chi connectivity index (χ4v) is 0.480. The van der Waals surface area contributed by atoms with E-state index in [0.29, 0.717) is 0 Å². The third-order valence-electron chi connectivity index (χ3n) is 1.16. The molecule has 0 radical (unpaired) electrons. The van der Waals surface area contributed by atoms with E-state index in [1.807, 2.05) is 0 Å². The normalized spacial score (nSPS) is 14.1. The maximum atomic E-state index is 8.99. The van der Waals surface area contributed by atoms with Crippen LogP contribution in [0.5, 0.6) is 0 Å². The first-order chi connectivity index (χ1) is 5.02. The zero-order chi connectivity index (χ0) is 8.91. The summed E-state index contributed by atoms with van der Waals surface area (Å²) in [6.07, 6.45) is 4.51. The van der Waals surface area contributed by atoms with Gasteiger partial charge in [0.1, 0.15) is 5.60 Å². The molecule has 0 heterocycles. The molecule has 1 atom stereocenters. The first-order valence-corrected chi connectivity index (χ1v) is 3.91. The second-order valence-corrected chi connectivity index (χ2v) is 3.08. The topological polar surface area (TPSA) is 29.5 Å². The lowest BCUT2D eigenvalue weighted by atomic mass is 10.1. The first kappa shape index (κ1) is 10.8. The molecule has 0 rings (SSSR count). The predicted molar refractivity (Wildman–Crippen MR) is 45.6 cm³/mol. The van der Waals surface area contributed by atoms with Crippen molar-refractivity contribution >= 4 is 11.6 Å². The molecular formula is C8H13ClO2. The Balaban J connectivity index is 3.63. The minimum atomic E-state index is -0.635. The second-order valence-electron chi connectivity index (χ2n) is 2.77. The van der Waals surface area contributed by atoms with Crippen molar-refractivity contribution in [3.63, 3.8) is 0 Å². The SMILES string of the molecule is C#CC(C)(C)OC[C@@H](O)CCl. The van der Waals surface area contributed by atoms with E-state index in [4.69, 9.17) is 27.9 Å². The highest BCUT2D eigenvalue weighted by Gasteiger charge is 2.15. The maximum absolute atomic E-state index is 8.99. The highest BCUT2D eigenvalue weighted by molar-refractivity contribution is 6.18. The third kappa shape index (κ3) is 5.09. The minimum absolute atomic E-state index is 0.167. The number of halogens is 1. The van der Waals surface area contributed by atoms with Crippen molar-refractivity contribution in [2.45, 2.75) is 25.6 Å². The molecule has 0 aliphatic rings. The highest BCUT2D eigenvalue weighted by atomic mass is 35.5. The van der Waals surface area contributed by atoms with Gasteiger partial charge in [0.25, 0.3) is 0 Å². The molecule has 0 saturated carbocycles. The largest absolute Gasteiger partial charge is 0.389 e. The summed E-state index contributed by atoms with van der Waals surface area (Å²) in [5, 5.41) is 8.99. The van der Waals surface area contributed by atoms with Crippen LogP contribution in [0.3, 0.4) is 0 Å². The number of ether oxygens (including phenoxy) is 1. The van der Waals surface area contributed by atoms with Crippen LogP contribution in [0.2, 0.25) is 0 Å². The molecule has 0 aromatic heterocycles. The summed E-state index contributed by atoms with van der Waals surface area (Å²) >= 11 is 5.34. The zero-order valence-corrected chi connectivity index (χ0v) is 7.56. The monoisotopic (exact) mass is 176 g/mol. The molecule has 0 aliphatic carbocycles. The molecule has 0 unspecified atom stereocenters. The Labute approximate surface area is 72.5 Å². The van der Waals surface area contributed by atoms with Crippen LogP contribution >= 0.6 is 11.6 Å². The summed E-state index contributed by atoms with van der Waals surface area (Å²) in [5.74, 6) is 2.61. The third-order valence-corrected chi connectivity index (χ3v) is 1.52. The van der Waals surface area contributed by atoms with Gasteiger partial charge in [-0.2, -0.15) is 0 Å². The quantitative estimate of drug-likeness (QED) is 0.512. The Morgan fingerprint density at radius 3 is 2.64 bits per heavy atom. The van der Waals surface area contributed by atoms with Crippen LogP contribution in [0.25, 0.3) is 0 Å². The molecule has 11 heavy (non-hydrogen) atoms. The Morgan fingerprint density at radius 1 is 1.73 bits per heavy atom. The molecule has 0 amide bonds. The average Bonchev–Trinajstić information content (AvgIpc) is 2.00. The Morgan fingerprint density at radius 2 is 2.27 bits per heavy atom. The van der Waals surface area contributed by atoms with Crippen LogP contribution in [-0.2, 0) is 4.74 Å². The van der Waals surface area contributed by atoms with Crippen LogP contribution in [0, 0.1) is 12.3 Å². The van der Waals surface area contributed by atoms with Crippen molar-refractivity contribution in [3.8, 4) is 12.3 Å². The maximum Gasteiger partial charge on any atom is 0.122 e. The van der Waals surface area contributed by atoms with Crippen molar-refractivity contribution in [2.75, 3.05) is 12.5 Å². The molecule has 0 aromatic carbocycles. The van der Waals surface area contributed by atoms with Crippen molar-refractivity contribution in [1.29, 1.82) is 0 Å². The number of aliphatic hydroxyl groups excluding tert-OH is 1. The first-order valence-electron chi connectivity index (χ1n) is 3.37. The van der Waals surface area contributed by atoms with Gasteiger partial charge in [-0.25, -0.2) is 0 Å². The summed E-state index contributed by atoms with van der Waals surface area (Å²) in [4.78, 5) is 0. The van der Waals surface area contributed by atoms with Gasteiger partial charge < -0.3 is 9.84 Å². The fraction of sp³-hybridized carbons (Fsp3) is 0.750. The molecule has 2 nitrogen and oxygen atoms in total. The van der Waals surface area contributed by atoms with Crippen molar-refractivity contribution in [1.82, 2.24) is 0 Å². The lowest BCUT2D eigenvalue weighted by Gasteiger charge is -2.19. The smallest absolute Gasteiger partial charge is 0.122 e. The summed E-state index contributed by atoms with van der Waals surface area (Å²) in [5.41, 5.74) is -0.618. The van der Waals surface area contributed by atoms with Crippen LogP contribution in [0.1, 0.15) is 13.8 Å². The zero-order valence-electron chi connectivity index (χ0n) is 6.80. The molecule has 3 heteroatoms. The number of terminal acetylenes is 1. The van der Waals surface area contributed by atoms with E-state index >= 15 is 0 Å². The Kier molecular flexibility index (Phi) is 4.51. The lowest BCUT2D eigenvalue weighted by Crippen LogP contribution is -2.28. The van der Waals surface area contributed by atoms with Gasteiger partial charge in [0.2, 0.25) is 0 Å². The predicted octanol–water partition coefficient (Wildman–Crippen LogP) is 1.01. The molecule has 0 aromatic rings.